The Kier molecular flexibility index (Phi) is 4.55. The molecule has 0 heterocycles. The van der Waals surface area contributed by atoms with Crippen LogP contribution in [0.4, 0.5) is 0 Å². The molecule has 0 fully saturated rings. The van der Waals surface area contributed by atoms with Crippen molar-refractivity contribution in [3.05, 3.63) is 12.2 Å². The van der Waals surface area contributed by atoms with Crippen LogP contribution in [0.3, 0.4) is 0 Å². The SMILES string of the molecule is C=C(C(=O)OC)C([Si](C)(C)C)[Si](C)(C)C. The molecule has 0 amide bonds. The molecule has 0 bridgehead atoms. The van der Waals surface area contributed by atoms with E-state index in [1.165, 1.54) is 7.11 Å². The Morgan fingerprint density at radius 2 is 1.40 bits per heavy atom. The van der Waals surface area contributed by atoms with Gasteiger partial charge in [0.25, 0.3) is 0 Å². The zero-order valence-electron chi connectivity index (χ0n) is 11.1. The molecule has 0 aliphatic heterocycles. The molecule has 0 aromatic carbocycles. The number of esters is 1. The summed E-state index contributed by atoms with van der Waals surface area (Å²) in [5.74, 6) is -0.232. The Bertz CT molecular complexity index is 245. The third-order valence-electron chi connectivity index (χ3n) is 2.53. The van der Waals surface area contributed by atoms with Crippen LogP contribution >= 0.6 is 0 Å². The highest BCUT2D eigenvalue weighted by Crippen LogP contribution is 2.38. The van der Waals surface area contributed by atoms with E-state index in [-0.39, 0.29) is 5.97 Å². The largest absolute Gasteiger partial charge is 0.466 e. The van der Waals surface area contributed by atoms with Gasteiger partial charge in [0.15, 0.2) is 0 Å². The molecule has 4 heteroatoms. The Balaban J connectivity index is 5.16. The van der Waals surface area contributed by atoms with E-state index in [0.29, 0.717) is 10.7 Å². The van der Waals surface area contributed by atoms with Crippen molar-refractivity contribution in [2.45, 2.75) is 44.4 Å². The van der Waals surface area contributed by atoms with Gasteiger partial charge >= 0.3 is 5.97 Å². The van der Waals surface area contributed by atoms with Gasteiger partial charge in [-0.05, 0) is 5.16 Å². The monoisotopic (exact) mass is 244 g/mol. The maximum absolute atomic E-state index is 11.6. The summed E-state index contributed by atoms with van der Waals surface area (Å²) < 4.78 is 4.79. The van der Waals surface area contributed by atoms with Gasteiger partial charge in [0.05, 0.1) is 7.11 Å². The van der Waals surface area contributed by atoms with E-state index >= 15 is 0 Å². The average molecular weight is 244 g/mol. The molecule has 0 aromatic rings. The van der Waals surface area contributed by atoms with E-state index in [9.17, 15) is 4.79 Å². The van der Waals surface area contributed by atoms with Crippen LogP contribution in [0.1, 0.15) is 0 Å². The maximum atomic E-state index is 11.6. The van der Waals surface area contributed by atoms with Gasteiger partial charge in [-0.2, -0.15) is 0 Å². The van der Waals surface area contributed by atoms with Crippen molar-refractivity contribution in [2.24, 2.45) is 0 Å². The fourth-order valence-corrected chi connectivity index (χ4v) is 15.3. The first kappa shape index (κ1) is 14.6. The van der Waals surface area contributed by atoms with Crippen LogP contribution in [-0.2, 0) is 9.53 Å². The van der Waals surface area contributed by atoms with Crippen LogP contribution in [0.25, 0.3) is 0 Å². The predicted octanol–water partition coefficient (Wildman–Crippen LogP) is 3.30. The molecule has 2 nitrogen and oxygen atoms in total. The Morgan fingerprint density at radius 1 is 1.07 bits per heavy atom. The number of hydrogen-bond acceptors (Lipinski definition) is 2. The summed E-state index contributed by atoms with van der Waals surface area (Å²) in [6.07, 6.45) is 0. The molecule has 0 aromatic heterocycles. The van der Waals surface area contributed by atoms with Gasteiger partial charge in [0.1, 0.15) is 0 Å². The molecule has 88 valence electrons. The first-order valence-electron chi connectivity index (χ1n) is 5.29. The van der Waals surface area contributed by atoms with Gasteiger partial charge in [-0.3, -0.25) is 0 Å². The molecule has 0 N–H and O–H groups in total. The van der Waals surface area contributed by atoms with Crippen LogP contribution in [0.2, 0.25) is 44.4 Å². The van der Waals surface area contributed by atoms with Crippen LogP contribution in [0, 0.1) is 0 Å². The molecule has 0 saturated carbocycles. The smallest absolute Gasteiger partial charge is 0.332 e. The molecule has 0 spiro atoms. The third kappa shape index (κ3) is 3.95. The van der Waals surface area contributed by atoms with E-state index in [0.717, 1.165) is 0 Å². The molecule has 0 atom stereocenters. The van der Waals surface area contributed by atoms with Crippen molar-refractivity contribution in [1.82, 2.24) is 0 Å². The zero-order valence-corrected chi connectivity index (χ0v) is 13.1. The summed E-state index contributed by atoms with van der Waals surface area (Å²) in [4.78, 5) is 11.6. The molecule has 0 radical (unpaired) electrons. The van der Waals surface area contributed by atoms with Crippen molar-refractivity contribution in [1.29, 1.82) is 0 Å². The van der Waals surface area contributed by atoms with Crippen molar-refractivity contribution in [2.75, 3.05) is 7.11 Å². The van der Waals surface area contributed by atoms with Crippen molar-refractivity contribution in [3.63, 3.8) is 0 Å². The Hall–Kier alpha value is -0.356. The van der Waals surface area contributed by atoms with Gasteiger partial charge in [-0.1, -0.05) is 45.9 Å². The quantitative estimate of drug-likeness (QED) is 0.431. The fraction of sp³-hybridized carbons (Fsp3) is 0.727. The lowest BCUT2D eigenvalue weighted by Gasteiger charge is -2.38. The van der Waals surface area contributed by atoms with Gasteiger partial charge in [-0.25, -0.2) is 4.79 Å². The molecule has 0 aliphatic rings. The number of methoxy groups -OCH3 is 1. The van der Waals surface area contributed by atoms with Crippen LogP contribution in [-0.4, -0.2) is 29.2 Å². The second-order valence-corrected chi connectivity index (χ2v) is 17.4. The lowest BCUT2D eigenvalue weighted by molar-refractivity contribution is -0.136. The van der Waals surface area contributed by atoms with E-state index in [1.54, 1.807) is 0 Å². The number of carbonyl (C=O) groups excluding carboxylic acids is 1. The number of ether oxygens (including phenoxy) is 1. The highest BCUT2D eigenvalue weighted by Gasteiger charge is 2.41. The molecular formula is C11H24O2Si2. The first-order valence-corrected chi connectivity index (χ1v) is 12.4. The van der Waals surface area contributed by atoms with Crippen molar-refractivity contribution in [3.8, 4) is 0 Å². The summed E-state index contributed by atoms with van der Waals surface area (Å²) in [5.41, 5.74) is 0.691. The molecule has 0 saturated heterocycles. The fourth-order valence-electron chi connectivity index (χ4n) is 2.59. The van der Waals surface area contributed by atoms with E-state index < -0.39 is 16.1 Å². The third-order valence-corrected chi connectivity index (χ3v) is 11.9. The molecule has 0 unspecified atom stereocenters. The minimum Gasteiger partial charge on any atom is -0.466 e. The van der Waals surface area contributed by atoms with Crippen molar-refractivity contribution >= 4 is 22.1 Å². The summed E-state index contributed by atoms with van der Waals surface area (Å²) >= 11 is 0. The van der Waals surface area contributed by atoms with Gasteiger partial charge < -0.3 is 4.74 Å². The zero-order chi connectivity index (χ0) is 12.4. The summed E-state index contributed by atoms with van der Waals surface area (Å²) in [6, 6.07) is 0. The van der Waals surface area contributed by atoms with E-state index in [4.69, 9.17) is 4.74 Å². The second kappa shape index (κ2) is 4.66. The average Bonchev–Trinajstić information content (AvgIpc) is 1.97. The Morgan fingerprint density at radius 3 is 1.60 bits per heavy atom. The minimum atomic E-state index is -1.40. The topological polar surface area (TPSA) is 26.3 Å². The van der Waals surface area contributed by atoms with E-state index in [2.05, 4.69) is 45.9 Å². The highest BCUT2D eigenvalue weighted by molar-refractivity contribution is 6.97. The van der Waals surface area contributed by atoms with Gasteiger partial charge in [-0.15, -0.1) is 0 Å². The molecule has 0 aliphatic carbocycles. The lowest BCUT2D eigenvalue weighted by Crippen LogP contribution is -2.46. The number of rotatable bonds is 4. The number of hydrogen-bond donors (Lipinski definition) is 0. The maximum Gasteiger partial charge on any atom is 0.332 e. The normalized spacial score (nSPS) is 12.8. The van der Waals surface area contributed by atoms with Gasteiger partial charge in [0, 0.05) is 21.7 Å². The minimum absolute atomic E-state index is 0.232. The molecular weight excluding hydrogens is 220 g/mol. The van der Waals surface area contributed by atoms with Crippen LogP contribution < -0.4 is 0 Å². The highest BCUT2D eigenvalue weighted by atomic mass is 28.4. The van der Waals surface area contributed by atoms with Crippen molar-refractivity contribution < 1.29 is 9.53 Å². The van der Waals surface area contributed by atoms with Crippen LogP contribution in [0.5, 0.6) is 0 Å². The predicted molar refractivity (Wildman–Crippen MR) is 71.6 cm³/mol. The van der Waals surface area contributed by atoms with Gasteiger partial charge in [0.2, 0.25) is 0 Å². The molecule has 0 rings (SSSR count). The standard InChI is InChI=1S/C11H24O2Si2/c1-9(10(12)13-2)11(14(3,4)5)15(6,7)8/h11H,1H2,2-8H3. The van der Waals surface area contributed by atoms with Crippen LogP contribution in [0.15, 0.2) is 12.2 Å². The first-order chi connectivity index (χ1) is 6.51. The lowest BCUT2D eigenvalue weighted by atomic mass is 10.3. The number of carbonyl (C=O) groups is 1. The molecule has 15 heavy (non-hydrogen) atoms. The summed E-state index contributed by atoms with van der Waals surface area (Å²) in [6.45, 7) is 17.7. The second-order valence-electron chi connectivity index (χ2n) is 6.18. The Labute approximate surface area is 95.7 Å². The summed E-state index contributed by atoms with van der Waals surface area (Å²) in [5, 5.41) is 0.387. The summed E-state index contributed by atoms with van der Waals surface area (Å²) in [7, 11) is -1.38. The van der Waals surface area contributed by atoms with E-state index in [1.807, 2.05) is 0 Å².